The number of imidazole rings is 1. The highest BCUT2D eigenvalue weighted by molar-refractivity contribution is 5.87. The van der Waals surface area contributed by atoms with Gasteiger partial charge in [0, 0.05) is 0 Å². The molecule has 0 radical (unpaired) electrons. The van der Waals surface area contributed by atoms with Crippen molar-refractivity contribution in [3.05, 3.63) is 23.1 Å². The molecule has 0 aliphatic rings. The number of fused-ring (bicyclic) bond motifs is 1. The zero-order chi connectivity index (χ0) is 10.3. The first-order valence-electron chi connectivity index (χ1n) is 4.13. The van der Waals surface area contributed by atoms with Crippen LogP contribution >= 0.6 is 0 Å². The van der Waals surface area contributed by atoms with Crippen molar-refractivity contribution in [1.82, 2.24) is 15.0 Å². The molecule has 5 heteroatoms. The van der Waals surface area contributed by atoms with Crippen molar-refractivity contribution < 1.29 is 9.90 Å². The molecule has 2 aromatic rings. The third kappa shape index (κ3) is 1.22. The highest BCUT2D eigenvalue weighted by Gasteiger charge is 2.06. The van der Waals surface area contributed by atoms with Gasteiger partial charge in [-0.25, -0.2) is 9.97 Å². The highest BCUT2D eigenvalue weighted by atomic mass is 16.4. The number of H-pyrrole nitrogens is 1. The molecular weight excluding hydrogens is 182 g/mol. The summed E-state index contributed by atoms with van der Waals surface area (Å²) in [5, 5.41) is 10.6. The Labute approximate surface area is 79.8 Å². The fourth-order valence-corrected chi connectivity index (χ4v) is 1.36. The van der Waals surface area contributed by atoms with Crippen LogP contribution in [-0.2, 0) is 0 Å². The number of aromatic amines is 1. The largest absolute Gasteiger partial charge is 0.543 e. The van der Waals surface area contributed by atoms with Crippen LogP contribution in [0.15, 0.2) is 6.07 Å². The van der Waals surface area contributed by atoms with E-state index in [9.17, 15) is 9.90 Å². The van der Waals surface area contributed by atoms with Crippen molar-refractivity contribution in [3.63, 3.8) is 0 Å². The Balaban J connectivity index is 2.77. The number of carboxylic acid groups (broad SMARTS) is 1. The normalized spacial score (nSPS) is 10.7. The van der Waals surface area contributed by atoms with Gasteiger partial charge in [0.25, 0.3) is 0 Å². The fraction of sp³-hybridized carbons (Fsp3) is 0.222. The molecule has 0 amide bonds. The highest BCUT2D eigenvalue weighted by Crippen LogP contribution is 2.14. The van der Waals surface area contributed by atoms with E-state index in [1.54, 1.807) is 13.8 Å². The maximum Gasteiger partial charge on any atom is 0.178 e. The minimum absolute atomic E-state index is 0.0819. The predicted molar refractivity (Wildman–Crippen MR) is 47.7 cm³/mol. The number of aryl methyl sites for hydroxylation is 2. The van der Waals surface area contributed by atoms with Crippen LogP contribution in [0.1, 0.15) is 21.9 Å². The Morgan fingerprint density at radius 3 is 2.79 bits per heavy atom. The van der Waals surface area contributed by atoms with Gasteiger partial charge in [0.15, 0.2) is 5.65 Å². The SMILES string of the molecule is Cc1nc2nc(C(=O)[O-])cc(C)c2[nH]1. The Morgan fingerprint density at radius 1 is 1.43 bits per heavy atom. The number of pyridine rings is 1. The molecule has 0 bridgehead atoms. The number of carbonyl (C=O) groups excluding carboxylic acids is 1. The van der Waals surface area contributed by atoms with Crippen molar-refractivity contribution in [2.24, 2.45) is 0 Å². The van der Waals surface area contributed by atoms with Crippen LogP contribution in [-0.4, -0.2) is 20.9 Å². The van der Waals surface area contributed by atoms with Gasteiger partial charge in [-0.05, 0) is 25.5 Å². The van der Waals surface area contributed by atoms with E-state index in [0.29, 0.717) is 11.5 Å². The second-order valence-corrected chi connectivity index (χ2v) is 3.13. The molecule has 0 aliphatic heterocycles. The molecule has 2 rings (SSSR count). The van der Waals surface area contributed by atoms with Crippen LogP contribution < -0.4 is 5.11 Å². The lowest BCUT2D eigenvalue weighted by atomic mass is 10.2. The number of nitrogens with zero attached hydrogens (tertiary/aromatic N) is 2. The van der Waals surface area contributed by atoms with Crippen molar-refractivity contribution >= 4 is 17.1 Å². The summed E-state index contributed by atoms with van der Waals surface area (Å²) in [7, 11) is 0. The van der Waals surface area contributed by atoms with E-state index in [-0.39, 0.29) is 5.69 Å². The van der Waals surface area contributed by atoms with Gasteiger partial charge < -0.3 is 14.9 Å². The molecule has 2 heterocycles. The summed E-state index contributed by atoms with van der Waals surface area (Å²) >= 11 is 0. The lowest BCUT2D eigenvalue weighted by molar-refractivity contribution is -0.255. The third-order valence-electron chi connectivity index (χ3n) is 1.99. The first kappa shape index (κ1) is 8.68. The van der Waals surface area contributed by atoms with E-state index >= 15 is 0 Å². The zero-order valence-corrected chi connectivity index (χ0v) is 7.79. The maximum absolute atomic E-state index is 10.6. The standard InChI is InChI=1S/C9H9N3O2/c1-4-3-6(9(13)14)12-8-7(4)10-5(2)11-8/h3H,1-2H3,(H,13,14)(H,10,11,12)/p-1. The molecule has 5 nitrogen and oxygen atoms in total. The molecule has 0 saturated heterocycles. The summed E-state index contributed by atoms with van der Waals surface area (Å²) in [6, 6.07) is 1.47. The average Bonchev–Trinajstić information content (AvgIpc) is 2.45. The predicted octanol–water partition coefficient (Wildman–Crippen LogP) is -0.0618. The fourth-order valence-electron chi connectivity index (χ4n) is 1.36. The molecule has 0 aliphatic carbocycles. The molecule has 0 saturated carbocycles. The molecule has 14 heavy (non-hydrogen) atoms. The van der Waals surface area contributed by atoms with Gasteiger partial charge in [0.1, 0.15) is 5.82 Å². The lowest BCUT2D eigenvalue weighted by Crippen LogP contribution is -2.23. The van der Waals surface area contributed by atoms with E-state index in [2.05, 4.69) is 15.0 Å². The van der Waals surface area contributed by atoms with Crippen LogP contribution in [0.4, 0.5) is 0 Å². The number of carboxylic acids is 1. The van der Waals surface area contributed by atoms with Crippen molar-refractivity contribution in [2.75, 3.05) is 0 Å². The summed E-state index contributed by atoms with van der Waals surface area (Å²) in [6.07, 6.45) is 0. The topological polar surface area (TPSA) is 81.7 Å². The summed E-state index contributed by atoms with van der Waals surface area (Å²) in [5.41, 5.74) is 1.91. The van der Waals surface area contributed by atoms with Crippen molar-refractivity contribution in [1.29, 1.82) is 0 Å². The molecular formula is C9H8N3O2-. The number of rotatable bonds is 1. The van der Waals surface area contributed by atoms with Crippen LogP contribution in [0.2, 0.25) is 0 Å². The second kappa shape index (κ2) is 2.80. The van der Waals surface area contributed by atoms with Gasteiger partial charge in [0.2, 0.25) is 0 Å². The molecule has 0 aromatic carbocycles. The number of aromatic carboxylic acids is 1. The Kier molecular flexibility index (Phi) is 1.73. The van der Waals surface area contributed by atoms with E-state index in [4.69, 9.17) is 0 Å². The quantitative estimate of drug-likeness (QED) is 0.682. The number of nitrogens with one attached hydrogen (secondary N) is 1. The van der Waals surface area contributed by atoms with E-state index in [1.165, 1.54) is 6.07 Å². The van der Waals surface area contributed by atoms with Gasteiger partial charge in [0.05, 0.1) is 17.2 Å². The average molecular weight is 190 g/mol. The zero-order valence-electron chi connectivity index (χ0n) is 7.79. The van der Waals surface area contributed by atoms with Crippen molar-refractivity contribution in [3.8, 4) is 0 Å². The number of aromatic nitrogens is 3. The van der Waals surface area contributed by atoms with Gasteiger partial charge in [-0.2, -0.15) is 0 Å². The van der Waals surface area contributed by atoms with Crippen LogP contribution in [0.25, 0.3) is 11.2 Å². The third-order valence-corrected chi connectivity index (χ3v) is 1.99. The molecule has 0 spiro atoms. The van der Waals surface area contributed by atoms with Crippen molar-refractivity contribution in [2.45, 2.75) is 13.8 Å². The number of hydrogen-bond donors (Lipinski definition) is 1. The van der Waals surface area contributed by atoms with Crippen LogP contribution in [0.5, 0.6) is 0 Å². The van der Waals surface area contributed by atoms with Gasteiger partial charge in [-0.1, -0.05) is 0 Å². The van der Waals surface area contributed by atoms with E-state index in [1.807, 2.05) is 0 Å². The van der Waals surface area contributed by atoms with Gasteiger partial charge in [-0.3, -0.25) is 0 Å². The summed E-state index contributed by atoms with van der Waals surface area (Å²) in [6.45, 7) is 3.59. The smallest absolute Gasteiger partial charge is 0.178 e. The minimum atomic E-state index is -1.28. The second-order valence-electron chi connectivity index (χ2n) is 3.13. The monoisotopic (exact) mass is 190 g/mol. The summed E-state index contributed by atoms with van der Waals surface area (Å²) < 4.78 is 0. The molecule has 1 N–H and O–H groups in total. The molecule has 0 unspecified atom stereocenters. The Hall–Kier alpha value is -1.91. The first-order chi connectivity index (χ1) is 6.58. The lowest BCUT2D eigenvalue weighted by Gasteiger charge is -2.02. The molecule has 2 aromatic heterocycles. The Bertz CT molecular complexity index is 516. The number of hydrogen-bond acceptors (Lipinski definition) is 4. The molecule has 0 atom stereocenters. The number of carbonyl (C=O) groups is 1. The van der Waals surface area contributed by atoms with Crippen LogP contribution in [0, 0.1) is 13.8 Å². The summed E-state index contributed by atoms with van der Waals surface area (Å²) in [4.78, 5) is 21.5. The maximum atomic E-state index is 10.6. The van der Waals surface area contributed by atoms with Crippen LogP contribution in [0.3, 0.4) is 0 Å². The van der Waals surface area contributed by atoms with E-state index in [0.717, 1.165) is 11.1 Å². The Morgan fingerprint density at radius 2 is 2.14 bits per heavy atom. The molecule has 72 valence electrons. The minimum Gasteiger partial charge on any atom is -0.543 e. The van der Waals surface area contributed by atoms with Gasteiger partial charge >= 0.3 is 0 Å². The molecule has 0 fully saturated rings. The first-order valence-corrected chi connectivity index (χ1v) is 4.13. The van der Waals surface area contributed by atoms with E-state index < -0.39 is 5.97 Å². The van der Waals surface area contributed by atoms with Gasteiger partial charge in [-0.15, -0.1) is 0 Å². The summed E-state index contributed by atoms with van der Waals surface area (Å²) in [5.74, 6) is -0.568.